The predicted molar refractivity (Wildman–Crippen MR) is 70.2 cm³/mol. The molecule has 0 fully saturated rings. The van der Waals surface area contributed by atoms with Gasteiger partial charge in [-0.15, -0.1) is 0 Å². The lowest BCUT2D eigenvalue weighted by Crippen LogP contribution is -2.29. The zero-order valence-electron chi connectivity index (χ0n) is 11.6. The molecular weight excluding hydrogens is 271 g/mol. The average molecular weight is 291 g/mol. The van der Waals surface area contributed by atoms with E-state index in [0.717, 1.165) is 0 Å². The van der Waals surface area contributed by atoms with Gasteiger partial charge in [0.1, 0.15) is 0 Å². The summed E-state index contributed by atoms with van der Waals surface area (Å²) in [6, 6.07) is 3.90. The number of aliphatic hydroxyl groups is 1. The Morgan fingerprint density at radius 1 is 1.35 bits per heavy atom. The van der Waals surface area contributed by atoms with Crippen LogP contribution < -0.4 is 10.1 Å². The van der Waals surface area contributed by atoms with E-state index in [1.165, 1.54) is 18.2 Å². The van der Waals surface area contributed by atoms with E-state index in [0.29, 0.717) is 25.1 Å². The number of aliphatic hydroxyl groups excluding tert-OH is 1. The molecule has 1 aromatic rings. The van der Waals surface area contributed by atoms with Crippen molar-refractivity contribution in [2.45, 2.75) is 33.4 Å². The van der Waals surface area contributed by atoms with Crippen LogP contribution in [0.5, 0.6) is 5.75 Å². The van der Waals surface area contributed by atoms with Crippen LogP contribution in [0.3, 0.4) is 0 Å². The summed E-state index contributed by atoms with van der Waals surface area (Å²) in [5.41, 5.74) is 0.579. The van der Waals surface area contributed by atoms with E-state index < -0.39 is 18.2 Å². The second-order valence-corrected chi connectivity index (χ2v) is 5.38. The molecule has 0 unspecified atom stereocenters. The highest BCUT2D eigenvalue weighted by Gasteiger charge is 2.16. The topological polar surface area (TPSA) is 41.5 Å². The van der Waals surface area contributed by atoms with E-state index in [-0.39, 0.29) is 12.0 Å². The minimum Gasteiger partial charge on any atom is -0.432 e. The maximum atomic E-state index is 13.5. The quantitative estimate of drug-likeness (QED) is 0.774. The molecule has 0 spiro atoms. The first-order valence-corrected chi connectivity index (χ1v) is 6.39. The zero-order chi connectivity index (χ0) is 15.2. The minimum atomic E-state index is -3.03. The number of hydrogen-bond acceptors (Lipinski definition) is 3. The molecular formula is C14H20F3NO2. The molecule has 0 saturated heterocycles. The Bertz CT molecular complexity index is 425. The molecule has 3 nitrogen and oxygen atoms in total. The lowest BCUT2D eigenvalue weighted by atomic mass is 9.90. The lowest BCUT2D eigenvalue weighted by molar-refractivity contribution is -0.0522. The number of benzene rings is 1. The van der Waals surface area contributed by atoms with Crippen LogP contribution in [-0.4, -0.2) is 24.9 Å². The van der Waals surface area contributed by atoms with Crippen LogP contribution in [0.15, 0.2) is 18.2 Å². The summed E-state index contributed by atoms with van der Waals surface area (Å²) in [6.45, 7) is 2.17. The maximum absolute atomic E-state index is 13.5. The van der Waals surface area contributed by atoms with E-state index in [2.05, 4.69) is 10.1 Å². The number of ether oxygens (including phenoxy) is 1. The normalized spacial score (nSPS) is 11.9. The van der Waals surface area contributed by atoms with Gasteiger partial charge in [-0.2, -0.15) is 8.78 Å². The summed E-state index contributed by atoms with van der Waals surface area (Å²) >= 11 is 0. The van der Waals surface area contributed by atoms with Gasteiger partial charge in [0.25, 0.3) is 0 Å². The van der Waals surface area contributed by atoms with Gasteiger partial charge in [-0.05, 0) is 29.5 Å². The Morgan fingerprint density at radius 2 is 2.05 bits per heavy atom. The van der Waals surface area contributed by atoms with Gasteiger partial charge in [-0.1, -0.05) is 19.9 Å². The minimum absolute atomic E-state index is 0.0635. The standard InChI is InChI=1S/C14H20F3NO2/c1-14(2,5-6-19)9-18-8-10-3-4-12(11(15)7-10)20-13(16)17/h3-4,7,13,18-19H,5-6,8-9H2,1-2H3. The SMILES string of the molecule is CC(C)(CCO)CNCc1ccc(OC(F)F)c(F)c1. The van der Waals surface area contributed by atoms with Crippen molar-refractivity contribution in [3.05, 3.63) is 29.6 Å². The van der Waals surface area contributed by atoms with Crippen molar-refractivity contribution in [1.29, 1.82) is 0 Å². The summed E-state index contributed by atoms with van der Waals surface area (Å²) in [5.74, 6) is -1.26. The third-order valence-corrected chi connectivity index (χ3v) is 2.93. The van der Waals surface area contributed by atoms with Crippen LogP contribution in [0.25, 0.3) is 0 Å². The van der Waals surface area contributed by atoms with Gasteiger partial charge in [0.05, 0.1) is 0 Å². The smallest absolute Gasteiger partial charge is 0.387 e. The Hall–Kier alpha value is -1.27. The van der Waals surface area contributed by atoms with Crippen molar-refractivity contribution in [1.82, 2.24) is 5.32 Å². The molecule has 0 aliphatic rings. The molecule has 20 heavy (non-hydrogen) atoms. The molecule has 0 amide bonds. The Balaban J connectivity index is 2.51. The van der Waals surface area contributed by atoms with Crippen molar-refractivity contribution in [2.75, 3.05) is 13.2 Å². The lowest BCUT2D eigenvalue weighted by Gasteiger charge is -2.24. The van der Waals surface area contributed by atoms with Gasteiger partial charge in [0, 0.05) is 19.7 Å². The van der Waals surface area contributed by atoms with Gasteiger partial charge < -0.3 is 15.2 Å². The molecule has 1 aromatic carbocycles. The van der Waals surface area contributed by atoms with Crippen LogP contribution in [0.2, 0.25) is 0 Å². The largest absolute Gasteiger partial charge is 0.432 e. The first-order chi connectivity index (χ1) is 9.34. The average Bonchev–Trinajstić information content (AvgIpc) is 2.31. The molecule has 114 valence electrons. The number of alkyl halides is 2. The highest BCUT2D eigenvalue weighted by Crippen LogP contribution is 2.21. The molecule has 0 heterocycles. The molecule has 6 heteroatoms. The number of nitrogens with one attached hydrogen (secondary N) is 1. The Kier molecular flexibility index (Phi) is 6.29. The summed E-state index contributed by atoms with van der Waals surface area (Å²) in [5, 5.41) is 12.1. The molecule has 1 rings (SSSR count). The third kappa shape index (κ3) is 5.79. The van der Waals surface area contributed by atoms with Gasteiger partial charge in [0.2, 0.25) is 0 Å². The maximum Gasteiger partial charge on any atom is 0.387 e. The van der Waals surface area contributed by atoms with Crippen LogP contribution in [-0.2, 0) is 6.54 Å². The van der Waals surface area contributed by atoms with E-state index in [4.69, 9.17) is 5.11 Å². The van der Waals surface area contributed by atoms with Gasteiger partial charge >= 0.3 is 6.61 Å². The molecule has 2 N–H and O–H groups in total. The van der Waals surface area contributed by atoms with Crippen molar-refractivity contribution in [3.8, 4) is 5.75 Å². The second kappa shape index (κ2) is 7.50. The van der Waals surface area contributed by atoms with E-state index in [1.54, 1.807) is 0 Å². The molecule has 0 aromatic heterocycles. The summed E-state index contributed by atoms with van der Waals surface area (Å²) in [6.07, 6.45) is 0.662. The van der Waals surface area contributed by atoms with Gasteiger partial charge in [-0.3, -0.25) is 0 Å². The molecule has 0 aliphatic heterocycles. The second-order valence-electron chi connectivity index (χ2n) is 5.38. The van der Waals surface area contributed by atoms with Crippen molar-refractivity contribution < 1.29 is 23.0 Å². The van der Waals surface area contributed by atoms with Gasteiger partial charge in [-0.25, -0.2) is 4.39 Å². The Labute approximate surface area is 116 Å². The zero-order valence-corrected chi connectivity index (χ0v) is 11.6. The van der Waals surface area contributed by atoms with E-state index in [9.17, 15) is 13.2 Å². The number of rotatable bonds is 8. The van der Waals surface area contributed by atoms with Gasteiger partial charge in [0.15, 0.2) is 11.6 Å². The Morgan fingerprint density at radius 3 is 2.60 bits per heavy atom. The first kappa shape index (κ1) is 16.8. The van der Waals surface area contributed by atoms with Crippen molar-refractivity contribution >= 4 is 0 Å². The van der Waals surface area contributed by atoms with Crippen LogP contribution in [0.4, 0.5) is 13.2 Å². The summed E-state index contributed by atoms with van der Waals surface area (Å²) < 4.78 is 41.5. The van der Waals surface area contributed by atoms with Crippen molar-refractivity contribution in [3.63, 3.8) is 0 Å². The van der Waals surface area contributed by atoms with E-state index >= 15 is 0 Å². The van der Waals surface area contributed by atoms with Crippen molar-refractivity contribution in [2.24, 2.45) is 5.41 Å². The monoisotopic (exact) mass is 291 g/mol. The van der Waals surface area contributed by atoms with Crippen LogP contribution in [0, 0.1) is 11.2 Å². The fraction of sp³-hybridized carbons (Fsp3) is 0.571. The number of hydrogen-bond donors (Lipinski definition) is 2. The summed E-state index contributed by atoms with van der Waals surface area (Å²) in [4.78, 5) is 0. The predicted octanol–water partition coefficient (Wildman–Crippen LogP) is 2.93. The molecule has 0 aliphatic carbocycles. The van der Waals surface area contributed by atoms with Crippen LogP contribution in [0.1, 0.15) is 25.8 Å². The first-order valence-electron chi connectivity index (χ1n) is 6.39. The molecule has 0 radical (unpaired) electrons. The molecule has 0 atom stereocenters. The molecule has 0 bridgehead atoms. The molecule has 0 saturated carbocycles. The highest BCUT2D eigenvalue weighted by molar-refractivity contribution is 5.29. The van der Waals surface area contributed by atoms with E-state index in [1.807, 2.05) is 13.8 Å². The fourth-order valence-corrected chi connectivity index (χ4v) is 1.78. The summed E-state index contributed by atoms with van der Waals surface area (Å²) in [7, 11) is 0. The number of halogens is 3. The third-order valence-electron chi connectivity index (χ3n) is 2.93. The highest BCUT2D eigenvalue weighted by atomic mass is 19.3. The fourth-order valence-electron chi connectivity index (χ4n) is 1.78. The van der Waals surface area contributed by atoms with Crippen LogP contribution >= 0.6 is 0 Å².